The van der Waals surface area contributed by atoms with Gasteiger partial charge in [0.15, 0.2) is 0 Å². The molecule has 0 bridgehead atoms. The first-order valence-electron chi connectivity index (χ1n) is 4.91. The van der Waals surface area contributed by atoms with Gasteiger partial charge in [-0.15, -0.1) is 0 Å². The molecule has 1 aromatic rings. The summed E-state index contributed by atoms with van der Waals surface area (Å²) in [6.45, 7) is 2.23. The molecule has 1 fully saturated rings. The van der Waals surface area contributed by atoms with Crippen LogP contribution in [0.25, 0.3) is 0 Å². The highest BCUT2D eigenvalue weighted by Crippen LogP contribution is 2.37. The summed E-state index contributed by atoms with van der Waals surface area (Å²) in [4.78, 5) is 0. The molecule has 0 saturated carbocycles. The molecule has 1 aliphatic rings. The topological polar surface area (TPSA) is 18.5 Å². The number of rotatable bonds is 2. The Bertz CT molecular complexity index is 400. The van der Waals surface area contributed by atoms with E-state index in [9.17, 15) is 8.78 Å². The molecule has 1 saturated heterocycles. The van der Waals surface area contributed by atoms with Crippen molar-refractivity contribution in [1.82, 2.24) is 0 Å². The molecule has 88 valence electrons. The van der Waals surface area contributed by atoms with E-state index in [1.165, 1.54) is 12.1 Å². The molecule has 1 aliphatic heterocycles. The fourth-order valence-electron chi connectivity index (χ4n) is 1.73. The zero-order chi connectivity index (χ0) is 11.8. The fraction of sp³-hybridized carbons (Fsp3) is 0.455. The summed E-state index contributed by atoms with van der Waals surface area (Å²) in [5.41, 5.74) is 0.218. The Morgan fingerprint density at radius 2 is 2.25 bits per heavy atom. The number of alkyl halides is 1. The van der Waals surface area contributed by atoms with E-state index >= 15 is 0 Å². The van der Waals surface area contributed by atoms with Crippen molar-refractivity contribution in [3.8, 4) is 0 Å². The van der Waals surface area contributed by atoms with Gasteiger partial charge in [-0.25, -0.2) is 8.78 Å². The minimum atomic E-state index is -1.14. The van der Waals surface area contributed by atoms with Crippen LogP contribution in [-0.4, -0.2) is 18.0 Å². The third-order valence-electron chi connectivity index (χ3n) is 2.46. The van der Waals surface area contributed by atoms with E-state index in [0.717, 1.165) is 6.07 Å². The lowest BCUT2D eigenvalue weighted by molar-refractivity contribution is -0.156. The molecule has 2 rings (SSSR count). The Kier molecular flexibility index (Phi) is 3.28. The number of halogens is 3. The number of hydrogen-bond donors (Lipinski definition) is 0. The molecule has 0 N–H and O–H groups in total. The van der Waals surface area contributed by atoms with Crippen molar-refractivity contribution in [2.24, 2.45) is 0 Å². The van der Waals surface area contributed by atoms with Gasteiger partial charge in [0, 0.05) is 11.6 Å². The molecule has 0 aliphatic carbocycles. The molecule has 1 aromatic carbocycles. The summed E-state index contributed by atoms with van der Waals surface area (Å²) in [5, 5.41) is 0.299. The van der Waals surface area contributed by atoms with Gasteiger partial charge >= 0.3 is 0 Å². The highest BCUT2D eigenvalue weighted by atomic mass is 79.9. The molecule has 2 nitrogen and oxygen atoms in total. The molecule has 1 heterocycles. The number of ether oxygens (including phenoxy) is 2. The first-order chi connectivity index (χ1) is 7.57. The zero-order valence-corrected chi connectivity index (χ0v) is 10.3. The first-order valence-corrected chi connectivity index (χ1v) is 6.03. The van der Waals surface area contributed by atoms with Crippen LogP contribution in [0.1, 0.15) is 12.5 Å². The van der Waals surface area contributed by atoms with Gasteiger partial charge in [-0.2, -0.15) is 0 Å². The van der Waals surface area contributed by atoms with Gasteiger partial charge in [0.1, 0.15) is 11.6 Å². The zero-order valence-electron chi connectivity index (χ0n) is 8.67. The minimum absolute atomic E-state index is 0.109. The van der Waals surface area contributed by atoms with Crippen molar-refractivity contribution in [3.05, 3.63) is 35.4 Å². The van der Waals surface area contributed by atoms with Crippen LogP contribution in [0, 0.1) is 11.6 Å². The van der Waals surface area contributed by atoms with Gasteiger partial charge in [0.25, 0.3) is 0 Å². The maximum absolute atomic E-state index is 13.6. The van der Waals surface area contributed by atoms with Gasteiger partial charge in [-0.1, -0.05) is 15.9 Å². The average molecular weight is 293 g/mol. The quantitative estimate of drug-likeness (QED) is 0.781. The second kappa shape index (κ2) is 4.39. The Labute approximate surface area is 101 Å². The van der Waals surface area contributed by atoms with Gasteiger partial charge in [0.05, 0.1) is 18.0 Å². The summed E-state index contributed by atoms with van der Waals surface area (Å²) < 4.78 is 37.5. The van der Waals surface area contributed by atoms with Crippen LogP contribution < -0.4 is 0 Å². The Morgan fingerprint density at radius 1 is 1.50 bits per heavy atom. The smallest absolute Gasteiger partial charge is 0.208 e. The minimum Gasteiger partial charge on any atom is -0.342 e. The van der Waals surface area contributed by atoms with Gasteiger partial charge in [-0.05, 0) is 19.1 Å². The molecule has 0 radical (unpaired) electrons. The molecular weight excluding hydrogens is 282 g/mol. The molecular formula is C11H11BrF2O2. The first kappa shape index (κ1) is 12.0. The van der Waals surface area contributed by atoms with Crippen molar-refractivity contribution < 1.29 is 18.3 Å². The molecule has 5 heteroatoms. The summed E-state index contributed by atoms with van der Waals surface area (Å²) in [6.07, 6.45) is -0.109. The van der Waals surface area contributed by atoms with Crippen molar-refractivity contribution in [2.45, 2.75) is 18.8 Å². The largest absolute Gasteiger partial charge is 0.342 e. The molecule has 0 amide bonds. The van der Waals surface area contributed by atoms with E-state index in [1.807, 2.05) is 6.92 Å². The van der Waals surface area contributed by atoms with Gasteiger partial charge in [0.2, 0.25) is 5.79 Å². The molecule has 0 spiro atoms. The van der Waals surface area contributed by atoms with Crippen LogP contribution in [0.15, 0.2) is 18.2 Å². The van der Waals surface area contributed by atoms with Crippen LogP contribution in [0.2, 0.25) is 0 Å². The van der Waals surface area contributed by atoms with Crippen molar-refractivity contribution in [3.63, 3.8) is 0 Å². The van der Waals surface area contributed by atoms with Crippen LogP contribution >= 0.6 is 15.9 Å². The van der Waals surface area contributed by atoms with Crippen LogP contribution in [0.3, 0.4) is 0 Å². The highest BCUT2D eigenvalue weighted by molar-refractivity contribution is 9.09. The maximum Gasteiger partial charge on any atom is 0.208 e. The lowest BCUT2D eigenvalue weighted by atomic mass is 10.1. The lowest BCUT2D eigenvalue weighted by Gasteiger charge is -2.26. The van der Waals surface area contributed by atoms with Gasteiger partial charge in [-0.3, -0.25) is 0 Å². The van der Waals surface area contributed by atoms with Crippen molar-refractivity contribution >= 4 is 15.9 Å². The highest BCUT2D eigenvalue weighted by Gasteiger charge is 2.42. The SMILES string of the molecule is CC1COC(CBr)(c2ccc(F)cc2F)O1. The van der Waals surface area contributed by atoms with E-state index in [2.05, 4.69) is 15.9 Å². The van der Waals surface area contributed by atoms with E-state index in [0.29, 0.717) is 11.9 Å². The third kappa shape index (κ3) is 1.99. The maximum atomic E-state index is 13.6. The van der Waals surface area contributed by atoms with Crippen LogP contribution in [-0.2, 0) is 15.3 Å². The number of hydrogen-bond acceptors (Lipinski definition) is 2. The third-order valence-corrected chi connectivity index (χ3v) is 3.20. The molecule has 2 unspecified atom stereocenters. The molecule has 0 aromatic heterocycles. The summed E-state index contributed by atoms with van der Waals surface area (Å²) in [7, 11) is 0. The van der Waals surface area contributed by atoms with Gasteiger partial charge < -0.3 is 9.47 Å². The van der Waals surface area contributed by atoms with Crippen LogP contribution in [0.5, 0.6) is 0 Å². The lowest BCUT2D eigenvalue weighted by Crippen LogP contribution is -2.31. The summed E-state index contributed by atoms with van der Waals surface area (Å²) >= 11 is 3.24. The van der Waals surface area contributed by atoms with Crippen LogP contribution in [0.4, 0.5) is 8.78 Å². The monoisotopic (exact) mass is 292 g/mol. The second-order valence-corrected chi connectivity index (χ2v) is 4.31. The predicted molar refractivity (Wildman–Crippen MR) is 58.3 cm³/mol. The molecule has 16 heavy (non-hydrogen) atoms. The van der Waals surface area contributed by atoms with E-state index in [1.54, 1.807) is 0 Å². The Balaban J connectivity index is 2.41. The van der Waals surface area contributed by atoms with E-state index in [4.69, 9.17) is 9.47 Å². The van der Waals surface area contributed by atoms with Crippen molar-refractivity contribution in [1.29, 1.82) is 0 Å². The Morgan fingerprint density at radius 3 is 2.75 bits per heavy atom. The summed E-state index contributed by atoms with van der Waals surface area (Å²) in [6, 6.07) is 3.37. The molecule has 2 atom stereocenters. The fourth-order valence-corrected chi connectivity index (χ4v) is 2.32. The second-order valence-electron chi connectivity index (χ2n) is 3.75. The van der Waals surface area contributed by atoms with E-state index in [-0.39, 0.29) is 11.7 Å². The Hall–Kier alpha value is -0.520. The van der Waals surface area contributed by atoms with Crippen molar-refractivity contribution in [2.75, 3.05) is 11.9 Å². The predicted octanol–water partition coefficient (Wildman–Crippen LogP) is 2.95. The van der Waals surface area contributed by atoms with E-state index < -0.39 is 17.4 Å². The number of benzene rings is 1. The summed E-state index contributed by atoms with van der Waals surface area (Å²) in [5.74, 6) is -2.41. The average Bonchev–Trinajstić information content (AvgIpc) is 2.61. The standard InChI is InChI=1S/C11H11BrF2O2/c1-7-5-15-11(6-12,16-7)9-3-2-8(13)4-10(9)14/h2-4,7H,5-6H2,1H3. The normalized spacial score (nSPS) is 29.6.